The summed E-state index contributed by atoms with van der Waals surface area (Å²) in [7, 11) is 0. The van der Waals surface area contributed by atoms with Gasteiger partial charge in [-0.2, -0.15) is 0 Å². The first kappa shape index (κ1) is 11.5. The summed E-state index contributed by atoms with van der Waals surface area (Å²) in [6, 6.07) is 0. The van der Waals surface area contributed by atoms with Gasteiger partial charge in [-0.3, -0.25) is 9.59 Å². The molecule has 14 heavy (non-hydrogen) atoms. The number of amides is 2. The highest BCUT2D eigenvalue weighted by molar-refractivity contribution is 8.00. The lowest BCUT2D eigenvalue weighted by Gasteiger charge is -2.14. The van der Waals surface area contributed by atoms with Gasteiger partial charge in [0.25, 0.3) is 5.91 Å². The predicted molar refractivity (Wildman–Crippen MR) is 56.7 cm³/mol. The molecule has 2 amide bonds. The summed E-state index contributed by atoms with van der Waals surface area (Å²) in [5.41, 5.74) is 2.77. The van der Waals surface area contributed by atoms with Gasteiger partial charge in [0.05, 0.1) is 5.25 Å². The van der Waals surface area contributed by atoms with Crippen molar-refractivity contribution in [3.05, 3.63) is 0 Å². The third-order valence-corrected chi connectivity index (χ3v) is 3.36. The topological polar surface area (TPSA) is 49.4 Å². The lowest BCUT2D eigenvalue weighted by Crippen LogP contribution is -2.43. The van der Waals surface area contributed by atoms with Crippen molar-refractivity contribution < 1.29 is 9.59 Å². The zero-order valence-electron chi connectivity index (χ0n) is 8.58. The minimum absolute atomic E-state index is 0.0877. The van der Waals surface area contributed by atoms with E-state index in [0.717, 1.165) is 17.2 Å². The molecule has 0 spiro atoms. The number of thioether (sulfide) groups is 1. The first-order valence-corrected chi connectivity index (χ1v) is 5.97. The highest BCUT2D eigenvalue weighted by atomic mass is 32.2. The molecule has 1 N–H and O–H groups in total. The van der Waals surface area contributed by atoms with Crippen molar-refractivity contribution >= 4 is 23.6 Å². The zero-order chi connectivity index (χ0) is 10.6. The zero-order valence-corrected chi connectivity index (χ0v) is 9.39. The summed E-state index contributed by atoms with van der Waals surface area (Å²) in [6.07, 6.45) is 1.38. The summed E-state index contributed by atoms with van der Waals surface area (Å²) in [5, 5.41) is 0.995. The van der Waals surface area contributed by atoms with Gasteiger partial charge in [-0.05, 0) is 12.2 Å². The van der Waals surface area contributed by atoms with Crippen LogP contribution >= 0.6 is 11.8 Å². The summed E-state index contributed by atoms with van der Waals surface area (Å²) in [4.78, 5) is 23.0. The van der Waals surface area contributed by atoms with Crippen molar-refractivity contribution in [3.8, 4) is 0 Å². The molecule has 1 atom stereocenters. The van der Waals surface area contributed by atoms with E-state index in [-0.39, 0.29) is 17.1 Å². The van der Waals surface area contributed by atoms with Crippen LogP contribution in [0.1, 0.15) is 26.7 Å². The molecule has 5 heteroatoms. The van der Waals surface area contributed by atoms with Crippen LogP contribution in [0.4, 0.5) is 0 Å². The highest BCUT2D eigenvalue weighted by Gasteiger charge is 2.38. The van der Waals surface area contributed by atoms with Gasteiger partial charge in [-0.1, -0.05) is 13.8 Å². The molecule has 1 saturated heterocycles. The Morgan fingerprint density at radius 2 is 2.21 bits per heavy atom. The molecule has 80 valence electrons. The second kappa shape index (κ2) is 5.36. The van der Waals surface area contributed by atoms with Gasteiger partial charge in [-0.15, -0.1) is 11.8 Å². The van der Waals surface area contributed by atoms with Gasteiger partial charge in [0, 0.05) is 13.0 Å². The van der Waals surface area contributed by atoms with Crippen molar-refractivity contribution in [1.29, 1.82) is 0 Å². The van der Waals surface area contributed by atoms with Crippen LogP contribution < -0.4 is 5.43 Å². The third-order valence-electron chi connectivity index (χ3n) is 1.94. The number of nitrogens with zero attached hydrogens (tertiary/aromatic N) is 1. The number of carbonyl (C=O) groups excluding carboxylic acids is 2. The Labute approximate surface area is 88.4 Å². The molecule has 1 heterocycles. The highest BCUT2D eigenvalue weighted by Crippen LogP contribution is 2.24. The van der Waals surface area contributed by atoms with Crippen LogP contribution in [-0.2, 0) is 9.59 Å². The average Bonchev–Trinajstić information content (AvgIpc) is 2.43. The van der Waals surface area contributed by atoms with E-state index in [0.29, 0.717) is 13.0 Å². The monoisotopic (exact) mass is 216 g/mol. The maximum Gasteiger partial charge on any atom is 0.257 e. The Morgan fingerprint density at radius 1 is 1.50 bits per heavy atom. The van der Waals surface area contributed by atoms with Crippen LogP contribution in [0, 0.1) is 0 Å². The lowest BCUT2D eigenvalue weighted by molar-refractivity contribution is -0.141. The number of hydrogen-bond donors (Lipinski definition) is 1. The number of hydrogen-bond acceptors (Lipinski definition) is 4. The SMILES string of the molecule is CCCSC1CC(=O)N(NCC)C1=O. The molecule has 1 unspecified atom stereocenters. The first-order valence-electron chi connectivity index (χ1n) is 4.92. The van der Waals surface area contributed by atoms with E-state index in [1.165, 1.54) is 0 Å². The molecular weight excluding hydrogens is 200 g/mol. The van der Waals surface area contributed by atoms with Gasteiger partial charge in [0.2, 0.25) is 5.91 Å². The maximum atomic E-state index is 11.6. The molecule has 0 radical (unpaired) electrons. The lowest BCUT2D eigenvalue weighted by atomic mass is 10.4. The molecule has 0 saturated carbocycles. The van der Waals surface area contributed by atoms with Gasteiger partial charge in [0.1, 0.15) is 0 Å². The second-order valence-electron chi connectivity index (χ2n) is 3.14. The number of carbonyl (C=O) groups is 2. The van der Waals surface area contributed by atoms with Crippen LogP contribution in [0.3, 0.4) is 0 Å². The third kappa shape index (κ3) is 2.48. The van der Waals surface area contributed by atoms with Crippen LogP contribution in [0.15, 0.2) is 0 Å². The van der Waals surface area contributed by atoms with E-state index in [1.54, 1.807) is 11.8 Å². The molecule has 1 aliphatic rings. The fraction of sp³-hybridized carbons (Fsp3) is 0.778. The smallest absolute Gasteiger partial charge is 0.257 e. The summed E-state index contributed by atoms with van der Waals surface area (Å²) < 4.78 is 0. The van der Waals surface area contributed by atoms with Crippen molar-refractivity contribution in [1.82, 2.24) is 10.4 Å². The standard InChI is InChI=1S/C9H16N2O2S/c1-3-5-14-7-6-8(12)11(9(7)13)10-4-2/h7,10H,3-6H2,1-2H3. The summed E-state index contributed by atoms with van der Waals surface area (Å²) in [6.45, 7) is 4.53. The molecule has 0 aliphatic carbocycles. The van der Waals surface area contributed by atoms with Crippen molar-refractivity contribution in [2.75, 3.05) is 12.3 Å². The molecule has 4 nitrogen and oxygen atoms in total. The van der Waals surface area contributed by atoms with Crippen LogP contribution in [0.2, 0.25) is 0 Å². The van der Waals surface area contributed by atoms with E-state index in [2.05, 4.69) is 12.3 Å². The molecular formula is C9H16N2O2S. The second-order valence-corrected chi connectivity index (χ2v) is 4.45. The number of rotatable bonds is 5. The Morgan fingerprint density at radius 3 is 2.79 bits per heavy atom. The Hall–Kier alpha value is -0.550. The predicted octanol–water partition coefficient (Wildman–Crippen LogP) is 0.782. The van der Waals surface area contributed by atoms with Crippen molar-refractivity contribution in [2.24, 2.45) is 0 Å². The van der Waals surface area contributed by atoms with Crippen LogP contribution in [0.5, 0.6) is 0 Å². The number of hydrazine groups is 1. The van der Waals surface area contributed by atoms with E-state index in [4.69, 9.17) is 0 Å². The largest absolute Gasteiger partial charge is 0.273 e. The summed E-state index contributed by atoms with van der Waals surface area (Å²) in [5.74, 6) is 0.740. The minimum Gasteiger partial charge on any atom is -0.273 e. The molecule has 1 rings (SSSR count). The average molecular weight is 216 g/mol. The van der Waals surface area contributed by atoms with Crippen molar-refractivity contribution in [2.45, 2.75) is 31.9 Å². The molecule has 1 fully saturated rings. The molecule has 0 aromatic heterocycles. The maximum absolute atomic E-state index is 11.6. The van der Waals surface area contributed by atoms with Crippen LogP contribution in [-0.4, -0.2) is 34.4 Å². The van der Waals surface area contributed by atoms with Crippen molar-refractivity contribution in [3.63, 3.8) is 0 Å². The number of nitrogens with one attached hydrogen (secondary N) is 1. The molecule has 0 bridgehead atoms. The summed E-state index contributed by atoms with van der Waals surface area (Å²) >= 11 is 1.57. The van der Waals surface area contributed by atoms with Gasteiger partial charge >= 0.3 is 0 Å². The molecule has 0 aromatic rings. The Bertz CT molecular complexity index is 233. The van der Waals surface area contributed by atoms with E-state index >= 15 is 0 Å². The fourth-order valence-electron chi connectivity index (χ4n) is 1.32. The van der Waals surface area contributed by atoms with E-state index in [1.807, 2.05) is 6.92 Å². The Balaban J connectivity index is 2.51. The minimum atomic E-state index is -0.165. The quantitative estimate of drug-likeness (QED) is 0.690. The van der Waals surface area contributed by atoms with E-state index < -0.39 is 0 Å². The molecule has 0 aromatic carbocycles. The Kier molecular flexibility index (Phi) is 4.41. The van der Waals surface area contributed by atoms with Gasteiger partial charge in [-0.25, -0.2) is 10.4 Å². The molecule has 1 aliphatic heterocycles. The van der Waals surface area contributed by atoms with Crippen LogP contribution in [0.25, 0.3) is 0 Å². The van der Waals surface area contributed by atoms with E-state index in [9.17, 15) is 9.59 Å². The fourth-order valence-corrected chi connectivity index (χ4v) is 2.35. The van der Waals surface area contributed by atoms with Gasteiger partial charge in [0.15, 0.2) is 0 Å². The number of imide groups is 1. The first-order chi connectivity index (χ1) is 6.70. The van der Waals surface area contributed by atoms with Gasteiger partial charge < -0.3 is 0 Å². The normalized spacial score (nSPS) is 22.1.